The van der Waals surface area contributed by atoms with Crippen molar-refractivity contribution in [2.75, 3.05) is 32.8 Å². The predicted octanol–water partition coefficient (Wildman–Crippen LogP) is 1.57. The first-order valence-electron chi connectivity index (χ1n) is 8.76. The maximum atomic E-state index is 12.4. The molecule has 1 fully saturated rings. The van der Waals surface area contributed by atoms with E-state index in [-0.39, 0.29) is 18.2 Å². The second kappa shape index (κ2) is 8.11. The fourth-order valence-corrected chi connectivity index (χ4v) is 3.11. The summed E-state index contributed by atoms with van der Waals surface area (Å²) < 4.78 is 5.37. The number of carbonyl (C=O) groups excluding carboxylic acids is 2. The highest BCUT2D eigenvalue weighted by molar-refractivity contribution is 6.04. The SMILES string of the molecule is CCN(C[C@H]1CCOC1)C(=O)CCNC(=O)c1n[nH]c2ccccc12. The number of rotatable bonds is 7. The highest BCUT2D eigenvalue weighted by Crippen LogP contribution is 2.15. The summed E-state index contributed by atoms with van der Waals surface area (Å²) in [7, 11) is 0. The molecule has 2 aromatic rings. The van der Waals surface area contributed by atoms with Crippen LogP contribution in [0.5, 0.6) is 0 Å². The van der Waals surface area contributed by atoms with E-state index in [2.05, 4.69) is 15.5 Å². The van der Waals surface area contributed by atoms with Gasteiger partial charge in [-0.05, 0) is 19.4 Å². The van der Waals surface area contributed by atoms with Crippen LogP contribution in [0.2, 0.25) is 0 Å². The zero-order valence-electron chi connectivity index (χ0n) is 14.5. The standard InChI is InChI=1S/C18H24N4O3/c1-2-22(11-13-8-10-25-12-13)16(23)7-9-19-18(24)17-14-5-3-4-6-15(14)20-21-17/h3-6,13H,2,7-12H2,1H3,(H,19,24)(H,20,21)/t13-/m1/s1. The molecule has 1 aliphatic heterocycles. The van der Waals surface area contributed by atoms with Crippen LogP contribution in [0.1, 0.15) is 30.3 Å². The molecule has 0 spiro atoms. The smallest absolute Gasteiger partial charge is 0.272 e. The number of fused-ring (bicyclic) bond motifs is 1. The molecule has 0 unspecified atom stereocenters. The van der Waals surface area contributed by atoms with E-state index in [0.717, 1.165) is 37.1 Å². The second-order valence-electron chi connectivity index (χ2n) is 6.29. The molecule has 25 heavy (non-hydrogen) atoms. The molecule has 2 heterocycles. The van der Waals surface area contributed by atoms with Crippen LogP contribution < -0.4 is 5.32 Å². The number of hydrogen-bond donors (Lipinski definition) is 2. The summed E-state index contributed by atoms with van der Waals surface area (Å²) in [4.78, 5) is 26.5. The molecule has 0 aliphatic carbocycles. The molecular weight excluding hydrogens is 320 g/mol. The van der Waals surface area contributed by atoms with Gasteiger partial charge in [-0.25, -0.2) is 0 Å². The Bertz CT molecular complexity index is 737. The molecule has 2 N–H and O–H groups in total. The number of nitrogens with zero attached hydrogens (tertiary/aromatic N) is 2. The van der Waals surface area contributed by atoms with Gasteiger partial charge in [-0.15, -0.1) is 0 Å². The van der Waals surface area contributed by atoms with Crippen molar-refractivity contribution in [2.45, 2.75) is 19.8 Å². The Labute approximate surface area is 146 Å². The van der Waals surface area contributed by atoms with Gasteiger partial charge in [0.15, 0.2) is 5.69 Å². The number of ether oxygens (including phenoxy) is 1. The maximum Gasteiger partial charge on any atom is 0.272 e. The van der Waals surface area contributed by atoms with Crippen LogP contribution >= 0.6 is 0 Å². The fraction of sp³-hybridized carbons (Fsp3) is 0.500. The van der Waals surface area contributed by atoms with Gasteiger partial charge in [0.1, 0.15) is 0 Å². The van der Waals surface area contributed by atoms with E-state index in [9.17, 15) is 9.59 Å². The lowest BCUT2D eigenvalue weighted by atomic mass is 10.1. The van der Waals surface area contributed by atoms with E-state index in [4.69, 9.17) is 4.74 Å². The van der Waals surface area contributed by atoms with Crippen LogP contribution in [0.25, 0.3) is 10.9 Å². The minimum atomic E-state index is -0.266. The lowest BCUT2D eigenvalue weighted by molar-refractivity contribution is -0.131. The van der Waals surface area contributed by atoms with Gasteiger partial charge in [0.05, 0.1) is 12.1 Å². The third-order valence-electron chi connectivity index (χ3n) is 4.55. The van der Waals surface area contributed by atoms with Crippen molar-refractivity contribution in [3.05, 3.63) is 30.0 Å². The lowest BCUT2D eigenvalue weighted by Gasteiger charge is -2.23. The van der Waals surface area contributed by atoms with E-state index in [0.29, 0.717) is 24.7 Å². The zero-order valence-corrected chi connectivity index (χ0v) is 14.5. The third kappa shape index (κ3) is 4.17. The van der Waals surface area contributed by atoms with Crippen LogP contribution in [0.15, 0.2) is 24.3 Å². The van der Waals surface area contributed by atoms with Gasteiger partial charge >= 0.3 is 0 Å². The van der Waals surface area contributed by atoms with Crippen LogP contribution in [-0.4, -0.2) is 59.8 Å². The topological polar surface area (TPSA) is 87.3 Å². The third-order valence-corrected chi connectivity index (χ3v) is 4.55. The normalized spacial score (nSPS) is 16.9. The van der Waals surface area contributed by atoms with Crippen molar-refractivity contribution in [3.63, 3.8) is 0 Å². The Morgan fingerprint density at radius 2 is 2.24 bits per heavy atom. The summed E-state index contributed by atoms with van der Waals surface area (Å²) in [6, 6.07) is 7.47. The van der Waals surface area contributed by atoms with Crippen LogP contribution in [0.3, 0.4) is 0 Å². The molecule has 7 heteroatoms. The molecule has 0 radical (unpaired) electrons. The van der Waals surface area contributed by atoms with Gasteiger partial charge in [-0.3, -0.25) is 14.7 Å². The number of nitrogens with one attached hydrogen (secondary N) is 2. The molecule has 134 valence electrons. The largest absolute Gasteiger partial charge is 0.381 e. The first-order chi connectivity index (χ1) is 12.2. The summed E-state index contributed by atoms with van der Waals surface area (Å²) in [5.74, 6) is 0.216. The monoisotopic (exact) mass is 344 g/mol. The highest BCUT2D eigenvalue weighted by Gasteiger charge is 2.21. The molecule has 2 amide bonds. The molecular formula is C18H24N4O3. The number of aromatic amines is 1. The molecule has 3 rings (SSSR count). The summed E-state index contributed by atoms with van der Waals surface area (Å²) in [6.07, 6.45) is 1.29. The van der Waals surface area contributed by atoms with Gasteiger partial charge in [0, 0.05) is 44.0 Å². The van der Waals surface area contributed by atoms with Crippen LogP contribution in [0, 0.1) is 5.92 Å². The average molecular weight is 344 g/mol. The van der Waals surface area contributed by atoms with E-state index in [1.54, 1.807) is 0 Å². The van der Waals surface area contributed by atoms with Crippen molar-refractivity contribution in [1.82, 2.24) is 20.4 Å². The fourth-order valence-electron chi connectivity index (χ4n) is 3.11. The van der Waals surface area contributed by atoms with Gasteiger partial charge in [-0.1, -0.05) is 18.2 Å². The Morgan fingerprint density at radius 1 is 1.40 bits per heavy atom. The predicted molar refractivity (Wildman–Crippen MR) is 94.2 cm³/mol. The average Bonchev–Trinajstić information content (AvgIpc) is 3.28. The van der Waals surface area contributed by atoms with Crippen LogP contribution in [-0.2, 0) is 9.53 Å². The second-order valence-corrected chi connectivity index (χ2v) is 6.29. The minimum absolute atomic E-state index is 0.0570. The number of amides is 2. The molecule has 1 saturated heterocycles. The Morgan fingerprint density at radius 3 is 3.00 bits per heavy atom. The number of H-pyrrole nitrogens is 1. The van der Waals surface area contributed by atoms with Gasteiger partial charge in [0.2, 0.25) is 5.91 Å². The summed E-state index contributed by atoms with van der Waals surface area (Å²) >= 11 is 0. The van der Waals surface area contributed by atoms with E-state index in [1.807, 2.05) is 36.1 Å². The lowest BCUT2D eigenvalue weighted by Crippen LogP contribution is -2.37. The van der Waals surface area contributed by atoms with Crippen molar-refractivity contribution >= 4 is 22.7 Å². The number of benzene rings is 1. The first-order valence-corrected chi connectivity index (χ1v) is 8.76. The zero-order chi connectivity index (χ0) is 17.6. The molecule has 1 aromatic heterocycles. The van der Waals surface area contributed by atoms with Crippen LogP contribution in [0.4, 0.5) is 0 Å². The molecule has 1 aromatic carbocycles. The Kier molecular flexibility index (Phi) is 5.65. The maximum absolute atomic E-state index is 12.4. The Hall–Kier alpha value is -2.41. The molecule has 1 atom stereocenters. The van der Waals surface area contributed by atoms with Crippen molar-refractivity contribution in [2.24, 2.45) is 5.92 Å². The van der Waals surface area contributed by atoms with Gasteiger partial charge in [-0.2, -0.15) is 5.10 Å². The highest BCUT2D eigenvalue weighted by atomic mass is 16.5. The molecule has 0 bridgehead atoms. The quantitative estimate of drug-likeness (QED) is 0.798. The minimum Gasteiger partial charge on any atom is -0.381 e. The van der Waals surface area contributed by atoms with Crippen molar-refractivity contribution in [1.29, 1.82) is 0 Å². The van der Waals surface area contributed by atoms with E-state index in [1.165, 1.54) is 0 Å². The number of para-hydroxylation sites is 1. The van der Waals surface area contributed by atoms with E-state index >= 15 is 0 Å². The number of aromatic nitrogens is 2. The van der Waals surface area contributed by atoms with E-state index < -0.39 is 0 Å². The first kappa shape index (κ1) is 17.4. The Balaban J connectivity index is 1.49. The molecule has 0 saturated carbocycles. The summed E-state index contributed by atoms with van der Waals surface area (Å²) in [5, 5.41) is 10.5. The number of carbonyl (C=O) groups is 2. The van der Waals surface area contributed by atoms with Crippen molar-refractivity contribution < 1.29 is 14.3 Å². The van der Waals surface area contributed by atoms with Gasteiger partial charge < -0.3 is 15.0 Å². The molecule has 7 nitrogen and oxygen atoms in total. The van der Waals surface area contributed by atoms with Gasteiger partial charge in [0.25, 0.3) is 5.91 Å². The van der Waals surface area contributed by atoms with Crippen molar-refractivity contribution in [3.8, 4) is 0 Å². The summed E-state index contributed by atoms with van der Waals surface area (Å²) in [6.45, 7) is 5.19. The molecule has 1 aliphatic rings. The summed E-state index contributed by atoms with van der Waals surface area (Å²) in [5.41, 5.74) is 1.18. The number of hydrogen-bond acceptors (Lipinski definition) is 4.